The number of aliphatic hydroxyl groups is 1. The van der Waals surface area contributed by atoms with E-state index in [-0.39, 0.29) is 24.0 Å². The van der Waals surface area contributed by atoms with E-state index >= 15 is 0 Å². The quantitative estimate of drug-likeness (QED) is 0.343. The lowest BCUT2D eigenvalue weighted by atomic mass is 10.2. The molecule has 2 N–H and O–H groups in total. The topological polar surface area (TPSA) is 110 Å². The summed E-state index contributed by atoms with van der Waals surface area (Å²) in [5.74, 6) is -0.133. The van der Waals surface area contributed by atoms with Crippen molar-refractivity contribution in [3.05, 3.63) is 82.2 Å². The van der Waals surface area contributed by atoms with E-state index in [9.17, 15) is 20.0 Å². The van der Waals surface area contributed by atoms with Crippen LogP contribution in [0.4, 0.5) is 11.4 Å². The summed E-state index contributed by atoms with van der Waals surface area (Å²) in [5.41, 5.74) is 2.07. The minimum absolute atomic E-state index is 0.0353. The fourth-order valence-electron chi connectivity index (χ4n) is 2.53. The molecule has 1 heterocycles. The zero-order valence-electron chi connectivity index (χ0n) is 14.8. The third-order valence-corrected chi connectivity index (χ3v) is 4.83. The van der Waals surface area contributed by atoms with Gasteiger partial charge in [0, 0.05) is 30.6 Å². The number of amides is 1. The van der Waals surface area contributed by atoms with Crippen LogP contribution < -0.4 is 5.32 Å². The predicted octanol–water partition coefficient (Wildman–Crippen LogP) is 3.06. The number of imidazole rings is 1. The van der Waals surface area contributed by atoms with E-state index in [4.69, 9.17) is 0 Å². The molecule has 9 heteroatoms. The van der Waals surface area contributed by atoms with Gasteiger partial charge in [-0.25, -0.2) is 4.98 Å². The van der Waals surface area contributed by atoms with Crippen LogP contribution >= 0.6 is 11.8 Å². The van der Waals surface area contributed by atoms with Crippen molar-refractivity contribution in [3.63, 3.8) is 0 Å². The lowest BCUT2D eigenvalue weighted by Gasteiger charge is -2.08. The van der Waals surface area contributed by atoms with E-state index in [1.807, 2.05) is 34.9 Å². The highest BCUT2D eigenvalue weighted by atomic mass is 32.2. The second kappa shape index (κ2) is 9.16. The summed E-state index contributed by atoms with van der Waals surface area (Å²) in [5, 5.41) is 23.4. The molecule has 0 saturated heterocycles. The summed E-state index contributed by atoms with van der Waals surface area (Å²) >= 11 is 1.26. The zero-order valence-corrected chi connectivity index (χ0v) is 15.6. The van der Waals surface area contributed by atoms with Crippen molar-refractivity contribution in [1.82, 2.24) is 9.55 Å². The molecule has 3 rings (SSSR count). The Kier molecular flexibility index (Phi) is 6.41. The van der Waals surface area contributed by atoms with Gasteiger partial charge in [0.2, 0.25) is 5.91 Å². The highest BCUT2D eigenvalue weighted by Crippen LogP contribution is 2.21. The molecule has 28 heavy (non-hydrogen) atoms. The minimum Gasteiger partial charge on any atom is -0.390 e. The Morgan fingerprint density at radius 2 is 1.89 bits per heavy atom. The number of hydrogen-bond donors (Lipinski definition) is 2. The van der Waals surface area contributed by atoms with Gasteiger partial charge in [-0.1, -0.05) is 42.1 Å². The van der Waals surface area contributed by atoms with Gasteiger partial charge in [0.1, 0.15) is 0 Å². The number of nitrogens with zero attached hydrogens (tertiary/aromatic N) is 3. The Morgan fingerprint density at radius 3 is 2.54 bits per heavy atom. The number of aliphatic hydroxyl groups excluding tert-OH is 1. The number of aromatic nitrogens is 2. The van der Waals surface area contributed by atoms with Crippen LogP contribution in [0.15, 0.2) is 66.0 Å². The predicted molar refractivity (Wildman–Crippen MR) is 106 cm³/mol. The summed E-state index contributed by atoms with van der Waals surface area (Å²) in [6.07, 6.45) is 1.77. The zero-order chi connectivity index (χ0) is 19.9. The van der Waals surface area contributed by atoms with Gasteiger partial charge < -0.3 is 15.0 Å². The Morgan fingerprint density at radius 1 is 1.18 bits per heavy atom. The van der Waals surface area contributed by atoms with Crippen LogP contribution in [0.25, 0.3) is 0 Å². The van der Waals surface area contributed by atoms with Gasteiger partial charge in [0.15, 0.2) is 5.16 Å². The number of nitro groups is 1. The molecule has 144 valence electrons. The normalized spacial score (nSPS) is 10.6. The van der Waals surface area contributed by atoms with E-state index in [0.717, 1.165) is 5.56 Å². The molecule has 2 aromatic carbocycles. The molecule has 0 aliphatic rings. The summed E-state index contributed by atoms with van der Waals surface area (Å²) in [6.45, 7) is 0.407. The third kappa shape index (κ3) is 5.18. The monoisotopic (exact) mass is 398 g/mol. The lowest BCUT2D eigenvalue weighted by Crippen LogP contribution is -2.14. The molecule has 0 radical (unpaired) electrons. The van der Waals surface area contributed by atoms with Gasteiger partial charge in [0.25, 0.3) is 5.69 Å². The maximum Gasteiger partial charge on any atom is 0.269 e. The Labute approximate surface area is 165 Å². The molecule has 0 fully saturated rings. The number of anilines is 1. The molecule has 3 aromatic rings. The second-order valence-corrected chi connectivity index (χ2v) is 6.87. The molecular formula is C19H18N4O4S. The van der Waals surface area contributed by atoms with Crippen molar-refractivity contribution in [2.75, 3.05) is 11.1 Å². The van der Waals surface area contributed by atoms with Crippen molar-refractivity contribution in [2.24, 2.45) is 0 Å². The summed E-state index contributed by atoms with van der Waals surface area (Å²) in [7, 11) is 0. The highest BCUT2D eigenvalue weighted by molar-refractivity contribution is 7.99. The van der Waals surface area contributed by atoms with Gasteiger partial charge >= 0.3 is 0 Å². The van der Waals surface area contributed by atoms with Crippen molar-refractivity contribution in [1.29, 1.82) is 0 Å². The van der Waals surface area contributed by atoms with Gasteiger partial charge in [-0.15, -0.1) is 0 Å². The van der Waals surface area contributed by atoms with Gasteiger partial charge in [-0.05, 0) is 17.7 Å². The molecule has 1 aromatic heterocycles. The van der Waals surface area contributed by atoms with Crippen molar-refractivity contribution >= 4 is 29.0 Å². The first-order valence-corrected chi connectivity index (χ1v) is 9.41. The first kappa shape index (κ1) is 19.6. The van der Waals surface area contributed by atoms with Crippen LogP contribution in [0.2, 0.25) is 0 Å². The molecule has 0 spiro atoms. The summed E-state index contributed by atoms with van der Waals surface area (Å²) in [6, 6.07) is 15.5. The number of carbonyl (C=O) groups excluding carboxylic acids is 1. The molecule has 8 nitrogen and oxygen atoms in total. The van der Waals surface area contributed by atoms with Gasteiger partial charge in [-0.2, -0.15) is 0 Å². The van der Waals surface area contributed by atoms with Gasteiger partial charge in [0.05, 0.1) is 23.0 Å². The van der Waals surface area contributed by atoms with Crippen LogP contribution in [-0.4, -0.2) is 31.2 Å². The van der Waals surface area contributed by atoms with Crippen LogP contribution in [0.3, 0.4) is 0 Å². The van der Waals surface area contributed by atoms with E-state index in [1.54, 1.807) is 6.20 Å². The molecule has 0 atom stereocenters. The average molecular weight is 398 g/mol. The van der Waals surface area contributed by atoms with E-state index in [1.165, 1.54) is 36.0 Å². The van der Waals surface area contributed by atoms with Crippen LogP contribution in [0.5, 0.6) is 0 Å². The van der Waals surface area contributed by atoms with Crippen molar-refractivity contribution in [3.8, 4) is 0 Å². The molecule has 0 aliphatic heterocycles. The van der Waals surface area contributed by atoms with Crippen molar-refractivity contribution < 1.29 is 14.8 Å². The number of benzene rings is 2. The number of nitrogens with one attached hydrogen (secondary N) is 1. The van der Waals surface area contributed by atoms with E-state index in [0.29, 0.717) is 23.1 Å². The number of nitro benzene ring substituents is 1. The smallest absolute Gasteiger partial charge is 0.269 e. The molecule has 0 saturated carbocycles. The number of non-ortho nitro benzene ring substituents is 1. The van der Waals surface area contributed by atoms with E-state index in [2.05, 4.69) is 10.3 Å². The highest BCUT2D eigenvalue weighted by Gasteiger charge is 2.12. The largest absolute Gasteiger partial charge is 0.390 e. The molecule has 1 amide bonds. The Bertz CT molecular complexity index is 958. The summed E-state index contributed by atoms with van der Waals surface area (Å²) in [4.78, 5) is 26.7. The maximum absolute atomic E-state index is 12.2. The van der Waals surface area contributed by atoms with Crippen molar-refractivity contribution in [2.45, 2.75) is 18.3 Å². The van der Waals surface area contributed by atoms with E-state index < -0.39 is 4.92 Å². The number of thioether (sulfide) groups is 1. The second-order valence-electron chi connectivity index (χ2n) is 5.93. The SMILES string of the molecule is O=C(CSc1nc(CO)cn1Cc1ccccc1)Nc1ccc([N+](=O)[O-])cc1. The molecule has 0 unspecified atom stereocenters. The molecular weight excluding hydrogens is 380 g/mol. The van der Waals surface area contributed by atoms with Crippen LogP contribution in [0.1, 0.15) is 11.3 Å². The molecule has 0 aliphatic carbocycles. The fraction of sp³-hybridized carbons (Fsp3) is 0.158. The first-order valence-electron chi connectivity index (χ1n) is 8.43. The third-order valence-electron chi connectivity index (χ3n) is 3.84. The first-order chi connectivity index (χ1) is 13.5. The Balaban J connectivity index is 1.62. The number of carbonyl (C=O) groups is 1. The standard InChI is InChI=1S/C19H18N4O4S/c24-12-16-11-22(10-14-4-2-1-3-5-14)19(21-16)28-13-18(25)20-15-6-8-17(9-7-15)23(26)27/h1-9,11,24H,10,12-13H2,(H,20,25). The Hall–Kier alpha value is -3.17. The average Bonchev–Trinajstić information content (AvgIpc) is 3.09. The maximum atomic E-state index is 12.2. The summed E-state index contributed by atoms with van der Waals surface area (Å²) < 4.78 is 1.89. The fourth-order valence-corrected chi connectivity index (χ4v) is 3.33. The van der Waals surface area contributed by atoms with Crippen LogP contribution in [0, 0.1) is 10.1 Å². The van der Waals surface area contributed by atoms with Crippen LogP contribution in [-0.2, 0) is 17.9 Å². The minimum atomic E-state index is -0.493. The molecule has 0 bridgehead atoms. The van der Waals surface area contributed by atoms with Gasteiger partial charge in [-0.3, -0.25) is 14.9 Å². The lowest BCUT2D eigenvalue weighted by molar-refractivity contribution is -0.384. The number of rotatable bonds is 8. The number of hydrogen-bond acceptors (Lipinski definition) is 6.